The van der Waals surface area contributed by atoms with Crippen LogP contribution in [-0.2, 0) is 10.9 Å². The molecule has 40 heavy (non-hydrogen) atoms. The summed E-state index contributed by atoms with van der Waals surface area (Å²) in [5, 5.41) is 3.63. The van der Waals surface area contributed by atoms with E-state index in [0.29, 0.717) is 42.7 Å². The first-order valence-electron chi connectivity index (χ1n) is 12.9. The SMILES string of the molecule is Cc1nsc(C)c1-c1ccc2c(-c3nc(N[C@H]4CCCN(C(=O)OC(C)(C)C)C4)ncc3C(F)(F)F)c[nH]c2n1. The number of ether oxygens (including phenoxy) is 1. The van der Waals surface area contributed by atoms with Crippen molar-refractivity contribution in [3.63, 3.8) is 0 Å². The van der Waals surface area contributed by atoms with E-state index in [1.165, 1.54) is 17.7 Å². The minimum Gasteiger partial charge on any atom is -0.444 e. The molecule has 0 bridgehead atoms. The maximum absolute atomic E-state index is 14.1. The molecule has 1 aliphatic heterocycles. The molecule has 0 unspecified atom stereocenters. The zero-order valence-corrected chi connectivity index (χ0v) is 23.6. The number of aromatic amines is 1. The van der Waals surface area contributed by atoms with E-state index in [4.69, 9.17) is 4.74 Å². The van der Waals surface area contributed by atoms with Crippen LogP contribution in [0.15, 0.2) is 24.5 Å². The highest BCUT2D eigenvalue weighted by molar-refractivity contribution is 7.06. The number of fused-ring (bicyclic) bond motifs is 1. The molecule has 0 aromatic carbocycles. The molecule has 5 rings (SSSR count). The smallest absolute Gasteiger partial charge is 0.419 e. The predicted molar refractivity (Wildman–Crippen MR) is 147 cm³/mol. The monoisotopic (exact) mass is 573 g/mol. The second kappa shape index (κ2) is 10.3. The molecule has 1 amide bonds. The Bertz CT molecular complexity index is 1540. The van der Waals surface area contributed by atoms with Crippen molar-refractivity contribution in [2.75, 3.05) is 18.4 Å². The number of carbonyl (C=O) groups is 1. The van der Waals surface area contributed by atoms with Gasteiger partial charge in [-0.3, -0.25) is 0 Å². The number of amides is 1. The molecule has 0 radical (unpaired) electrons. The van der Waals surface area contributed by atoms with Crippen LogP contribution >= 0.6 is 11.5 Å². The Labute approximate surface area is 233 Å². The van der Waals surface area contributed by atoms with Crippen molar-refractivity contribution in [1.82, 2.24) is 29.2 Å². The Balaban J connectivity index is 1.46. The van der Waals surface area contributed by atoms with Crippen molar-refractivity contribution in [2.45, 2.75) is 65.3 Å². The number of anilines is 1. The number of pyridine rings is 1. The summed E-state index contributed by atoms with van der Waals surface area (Å²) in [6.07, 6.45) is -1.40. The van der Waals surface area contributed by atoms with Gasteiger partial charge in [0.2, 0.25) is 5.95 Å². The quantitative estimate of drug-likeness (QED) is 0.283. The van der Waals surface area contributed by atoms with Crippen LogP contribution in [0.25, 0.3) is 33.5 Å². The number of aromatic nitrogens is 5. The van der Waals surface area contributed by atoms with E-state index in [-0.39, 0.29) is 23.2 Å². The summed E-state index contributed by atoms with van der Waals surface area (Å²) in [7, 11) is 0. The first kappa shape index (κ1) is 27.8. The van der Waals surface area contributed by atoms with Crippen LogP contribution in [0.4, 0.5) is 23.9 Å². The topological polar surface area (TPSA) is 109 Å². The second-order valence-electron chi connectivity index (χ2n) is 10.9. The summed E-state index contributed by atoms with van der Waals surface area (Å²) >= 11 is 1.38. The Morgan fingerprint density at radius 2 is 1.98 bits per heavy atom. The minimum absolute atomic E-state index is 0.0496. The van der Waals surface area contributed by atoms with E-state index in [1.54, 1.807) is 37.8 Å². The van der Waals surface area contributed by atoms with Crippen molar-refractivity contribution in [3.05, 3.63) is 40.7 Å². The molecule has 5 heterocycles. The normalized spacial score (nSPS) is 16.4. The van der Waals surface area contributed by atoms with E-state index in [9.17, 15) is 18.0 Å². The van der Waals surface area contributed by atoms with Crippen LogP contribution in [0.3, 0.4) is 0 Å². The fraction of sp³-hybridized carbons (Fsp3) is 0.444. The molecule has 4 aromatic heterocycles. The molecule has 4 aromatic rings. The molecule has 1 atom stereocenters. The maximum Gasteiger partial charge on any atom is 0.419 e. The Kier molecular flexibility index (Phi) is 7.19. The van der Waals surface area contributed by atoms with Crippen molar-refractivity contribution >= 4 is 34.6 Å². The van der Waals surface area contributed by atoms with Crippen molar-refractivity contribution in [1.29, 1.82) is 0 Å². The first-order chi connectivity index (χ1) is 18.8. The standard InChI is InChI=1S/C27H30F3N7O2S/c1-14-21(15(2)40-36-14)20-9-8-17-18(11-31-23(17)34-20)22-19(27(28,29)30)12-32-24(35-22)33-16-7-6-10-37(13-16)25(38)39-26(3,4)5/h8-9,11-12,16H,6-7,10,13H2,1-5H3,(H,31,34)(H,32,33,35)/t16-/m0/s1. The molecule has 212 valence electrons. The summed E-state index contributed by atoms with van der Waals surface area (Å²) < 4.78 is 52.0. The number of aryl methyl sites for hydroxylation is 2. The third-order valence-electron chi connectivity index (χ3n) is 6.58. The molecule has 2 N–H and O–H groups in total. The zero-order valence-electron chi connectivity index (χ0n) is 22.8. The average Bonchev–Trinajstić information content (AvgIpc) is 3.44. The Morgan fingerprint density at radius 1 is 1.20 bits per heavy atom. The van der Waals surface area contributed by atoms with E-state index >= 15 is 0 Å². The van der Waals surface area contributed by atoms with Crippen LogP contribution in [0, 0.1) is 13.8 Å². The summed E-state index contributed by atoms with van der Waals surface area (Å²) in [5.41, 5.74) is 1.33. The molecule has 1 aliphatic rings. The number of alkyl halides is 3. The minimum atomic E-state index is -4.67. The van der Waals surface area contributed by atoms with Crippen LogP contribution in [0.1, 0.15) is 49.7 Å². The number of hydrogen-bond donors (Lipinski definition) is 2. The number of piperidine rings is 1. The third kappa shape index (κ3) is 5.74. The summed E-state index contributed by atoms with van der Waals surface area (Å²) in [5.74, 6) is 0.0496. The number of nitrogens with one attached hydrogen (secondary N) is 2. The van der Waals surface area contributed by atoms with Crippen molar-refractivity contribution in [2.24, 2.45) is 0 Å². The lowest BCUT2D eigenvalue weighted by atomic mass is 10.0. The van der Waals surface area contributed by atoms with Gasteiger partial charge in [-0.15, -0.1) is 0 Å². The van der Waals surface area contributed by atoms with Gasteiger partial charge in [-0.1, -0.05) is 0 Å². The molecular formula is C27H30F3N7O2S. The van der Waals surface area contributed by atoms with Crippen LogP contribution < -0.4 is 5.32 Å². The Morgan fingerprint density at radius 3 is 2.65 bits per heavy atom. The number of carbonyl (C=O) groups excluding carboxylic acids is 1. The number of hydrogen-bond acceptors (Lipinski definition) is 8. The highest BCUT2D eigenvalue weighted by Gasteiger charge is 2.36. The van der Waals surface area contributed by atoms with Gasteiger partial charge in [0.25, 0.3) is 0 Å². The highest BCUT2D eigenvalue weighted by atomic mass is 32.1. The maximum atomic E-state index is 14.1. The van der Waals surface area contributed by atoms with E-state index in [2.05, 4.69) is 29.6 Å². The molecule has 13 heteroatoms. The van der Waals surface area contributed by atoms with Gasteiger partial charge in [-0.05, 0) is 71.1 Å². The zero-order chi connectivity index (χ0) is 28.8. The molecule has 0 spiro atoms. The van der Waals surface area contributed by atoms with Crippen LogP contribution in [0.5, 0.6) is 0 Å². The van der Waals surface area contributed by atoms with Gasteiger partial charge in [0.05, 0.1) is 17.1 Å². The van der Waals surface area contributed by atoms with Gasteiger partial charge < -0.3 is 19.9 Å². The number of nitrogens with zero attached hydrogens (tertiary/aromatic N) is 5. The Hall–Kier alpha value is -3.74. The second-order valence-corrected chi connectivity index (χ2v) is 11.8. The lowest BCUT2D eigenvalue weighted by Gasteiger charge is -2.34. The molecule has 1 fully saturated rings. The van der Waals surface area contributed by atoms with Crippen molar-refractivity contribution < 1.29 is 22.7 Å². The summed E-state index contributed by atoms with van der Waals surface area (Å²) in [6.45, 7) is 10.1. The summed E-state index contributed by atoms with van der Waals surface area (Å²) in [6, 6.07) is 3.28. The lowest BCUT2D eigenvalue weighted by molar-refractivity contribution is -0.137. The van der Waals surface area contributed by atoms with E-state index < -0.39 is 23.4 Å². The largest absolute Gasteiger partial charge is 0.444 e. The molecular weight excluding hydrogens is 543 g/mol. The van der Waals surface area contributed by atoms with E-state index in [0.717, 1.165) is 22.3 Å². The predicted octanol–water partition coefficient (Wildman–Crippen LogP) is 6.59. The van der Waals surface area contributed by atoms with Gasteiger partial charge in [-0.2, -0.15) is 17.5 Å². The van der Waals surface area contributed by atoms with Gasteiger partial charge in [-0.25, -0.2) is 19.7 Å². The van der Waals surface area contributed by atoms with Gasteiger partial charge in [0.1, 0.15) is 16.8 Å². The average molecular weight is 574 g/mol. The number of halogens is 3. The third-order valence-corrected chi connectivity index (χ3v) is 7.43. The molecule has 0 saturated carbocycles. The van der Waals surface area contributed by atoms with Gasteiger partial charge in [0, 0.05) is 52.9 Å². The van der Waals surface area contributed by atoms with Crippen LogP contribution in [0.2, 0.25) is 0 Å². The van der Waals surface area contributed by atoms with Gasteiger partial charge in [0.15, 0.2) is 0 Å². The molecule has 9 nitrogen and oxygen atoms in total. The lowest BCUT2D eigenvalue weighted by Crippen LogP contribution is -2.47. The highest BCUT2D eigenvalue weighted by Crippen LogP contribution is 2.39. The fourth-order valence-corrected chi connectivity index (χ4v) is 5.53. The number of likely N-dealkylation sites (tertiary alicyclic amines) is 1. The van der Waals surface area contributed by atoms with Gasteiger partial charge >= 0.3 is 12.3 Å². The molecule has 0 aliphatic carbocycles. The number of rotatable bonds is 4. The van der Waals surface area contributed by atoms with E-state index in [1.807, 2.05) is 13.8 Å². The number of H-pyrrole nitrogens is 1. The molecule has 1 saturated heterocycles. The van der Waals surface area contributed by atoms with Crippen LogP contribution in [-0.4, -0.2) is 60.0 Å². The first-order valence-corrected chi connectivity index (χ1v) is 13.7. The summed E-state index contributed by atoms with van der Waals surface area (Å²) in [4.78, 5) is 31.1. The van der Waals surface area contributed by atoms with Crippen molar-refractivity contribution in [3.8, 4) is 22.5 Å². The fourth-order valence-electron chi connectivity index (χ4n) is 4.82.